The second kappa shape index (κ2) is 8.47. The lowest BCUT2D eigenvalue weighted by atomic mass is 10.1. The molecular weight excluding hydrogens is 306 g/mol. The number of carbonyl (C=O) groups excluding carboxylic acids is 1. The van der Waals surface area contributed by atoms with Gasteiger partial charge in [-0.3, -0.25) is 0 Å². The number of hydrogen-bond donors (Lipinski definition) is 2. The standard InChI is InChI=1S/C18H27N3O3/c1-7-14(15(8-2)21-17(23)24-18(4,5)6)20-16-10-9-13(11-19-16)12(3)22/h9-11,15,22H,3,7-8H2,1-2,4-6H3,(H,21,23). The number of carbonyl (C=O) groups is 1. The maximum atomic E-state index is 12.0. The lowest BCUT2D eigenvalue weighted by Gasteiger charge is -2.23. The van der Waals surface area contributed by atoms with Crippen molar-refractivity contribution in [3.63, 3.8) is 0 Å². The molecule has 0 radical (unpaired) electrons. The van der Waals surface area contributed by atoms with Crippen molar-refractivity contribution in [2.45, 2.75) is 59.1 Å². The highest BCUT2D eigenvalue weighted by Crippen LogP contribution is 2.15. The maximum absolute atomic E-state index is 12.0. The molecule has 0 spiro atoms. The van der Waals surface area contributed by atoms with E-state index in [1.165, 1.54) is 6.20 Å². The molecule has 0 fully saturated rings. The lowest BCUT2D eigenvalue weighted by Crippen LogP contribution is -2.43. The van der Waals surface area contributed by atoms with Crippen LogP contribution in [-0.2, 0) is 4.74 Å². The molecule has 24 heavy (non-hydrogen) atoms. The number of pyridine rings is 1. The highest BCUT2D eigenvalue weighted by atomic mass is 16.6. The van der Waals surface area contributed by atoms with Crippen molar-refractivity contribution in [1.29, 1.82) is 0 Å². The molecule has 1 rings (SSSR count). The first-order chi connectivity index (χ1) is 11.2. The minimum Gasteiger partial charge on any atom is -0.508 e. The predicted octanol–water partition coefficient (Wildman–Crippen LogP) is 4.40. The topological polar surface area (TPSA) is 83.8 Å². The van der Waals surface area contributed by atoms with E-state index in [4.69, 9.17) is 4.74 Å². The summed E-state index contributed by atoms with van der Waals surface area (Å²) < 4.78 is 5.30. The molecule has 0 bridgehead atoms. The Hall–Kier alpha value is -2.37. The maximum Gasteiger partial charge on any atom is 0.408 e. The molecule has 132 valence electrons. The smallest absolute Gasteiger partial charge is 0.408 e. The van der Waals surface area contributed by atoms with Gasteiger partial charge < -0.3 is 15.2 Å². The quantitative estimate of drug-likeness (QED) is 0.597. The van der Waals surface area contributed by atoms with E-state index in [-0.39, 0.29) is 11.8 Å². The van der Waals surface area contributed by atoms with Crippen LogP contribution in [0.1, 0.15) is 53.0 Å². The second-order valence-electron chi connectivity index (χ2n) is 6.42. The van der Waals surface area contributed by atoms with Gasteiger partial charge in [0, 0.05) is 17.5 Å². The van der Waals surface area contributed by atoms with Crippen LogP contribution >= 0.6 is 0 Å². The van der Waals surface area contributed by atoms with E-state index < -0.39 is 11.7 Å². The molecule has 0 saturated carbocycles. The number of aliphatic imine (C=N–C) groups is 1. The molecule has 1 atom stereocenters. The summed E-state index contributed by atoms with van der Waals surface area (Å²) >= 11 is 0. The Bertz CT molecular complexity index is 601. The minimum atomic E-state index is -0.546. The largest absolute Gasteiger partial charge is 0.508 e. The lowest BCUT2D eigenvalue weighted by molar-refractivity contribution is 0.0517. The third-order valence-electron chi connectivity index (χ3n) is 3.20. The Labute approximate surface area is 143 Å². The summed E-state index contributed by atoms with van der Waals surface area (Å²) in [5.74, 6) is 0.480. The zero-order valence-electron chi connectivity index (χ0n) is 15.1. The Morgan fingerprint density at radius 2 is 2.08 bits per heavy atom. The van der Waals surface area contributed by atoms with E-state index >= 15 is 0 Å². The van der Waals surface area contributed by atoms with E-state index in [9.17, 15) is 9.90 Å². The Morgan fingerprint density at radius 3 is 2.50 bits per heavy atom. The Balaban J connectivity index is 2.91. The van der Waals surface area contributed by atoms with Crippen LogP contribution in [0.25, 0.3) is 5.76 Å². The molecule has 1 amide bonds. The molecular formula is C18H27N3O3. The average Bonchev–Trinajstić information content (AvgIpc) is 2.49. The molecule has 2 N–H and O–H groups in total. The van der Waals surface area contributed by atoms with E-state index in [1.54, 1.807) is 12.1 Å². The first kappa shape index (κ1) is 19.7. The van der Waals surface area contributed by atoms with E-state index in [1.807, 2.05) is 34.6 Å². The van der Waals surface area contributed by atoms with Gasteiger partial charge >= 0.3 is 6.09 Å². The fourth-order valence-corrected chi connectivity index (χ4v) is 2.04. The van der Waals surface area contributed by atoms with Crippen molar-refractivity contribution in [3.8, 4) is 0 Å². The molecule has 0 saturated heterocycles. The number of hydrogen-bond acceptors (Lipinski definition) is 5. The molecule has 1 unspecified atom stereocenters. The van der Waals surface area contributed by atoms with Gasteiger partial charge in [0.1, 0.15) is 11.4 Å². The second-order valence-corrected chi connectivity index (χ2v) is 6.42. The molecule has 1 aromatic rings. The summed E-state index contributed by atoms with van der Waals surface area (Å²) in [6.45, 7) is 12.9. The van der Waals surface area contributed by atoms with E-state index in [0.29, 0.717) is 24.2 Å². The third-order valence-corrected chi connectivity index (χ3v) is 3.20. The van der Waals surface area contributed by atoms with Crippen molar-refractivity contribution in [3.05, 3.63) is 30.5 Å². The molecule has 6 heteroatoms. The number of ether oxygens (including phenoxy) is 1. The molecule has 0 aromatic carbocycles. The van der Waals surface area contributed by atoms with Gasteiger partial charge in [-0.15, -0.1) is 0 Å². The summed E-state index contributed by atoms with van der Waals surface area (Å²) in [4.78, 5) is 20.7. The van der Waals surface area contributed by atoms with E-state index in [0.717, 1.165) is 5.71 Å². The number of rotatable bonds is 6. The van der Waals surface area contributed by atoms with Crippen molar-refractivity contribution in [2.75, 3.05) is 0 Å². The molecule has 0 aliphatic rings. The van der Waals surface area contributed by atoms with Crippen LogP contribution in [0.3, 0.4) is 0 Å². The average molecular weight is 333 g/mol. The van der Waals surface area contributed by atoms with Crippen molar-refractivity contribution >= 4 is 23.4 Å². The summed E-state index contributed by atoms with van der Waals surface area (Å²) in [6.07, 6.45) is 2.41. The normalized spacial score (nSPS) is 13.3. The summed E-state index contributed by atoms with van der Waals surface area (Å²) in [6, 6.07) is 3.18. The van der Waals surface area contributed by atoms with Crippen LogP contribution in [0.5, 0.6) is 0 Å². The number of amides is 1. The predicted molar refractivity (Wildman–Crippen MR) is 96.7 cm³/mol. The number of aromatic nitrogens is 1. The number of nitrogens with one attached hydrogen (secondary N) is 1. The zero-order chi connectivity index (χ0) is 18.3. The van der Waals surface area contributed by atoms with Gasteiger partial charge in [-0.2, -0.15) is 0 Å². The SMILES string of the molecule is C=C(O)c1ccc(N=C(CC)C(CC)NC(=O)OC(C)(C)C)nc1. The highest BCUT2D eigenvalue weighted by molar-refractivity contribution is 5.93. The molecule has 0 aliphatic carbocycles. The molecule has 1 aromatic heterocycles. The van der Waals surface area contributed by atoms with E-state index in [2.05, 4.69) is 21.9 Å². The molecule has 0 aliphatic heterocycles. The van der Waals surface area contributed by atoms with Crippen molar-refractivity contribution in [2.24, 2.45) is 4.99 Å². The van der Waals surface area contributed by atoms with Gasteiger partial charge in [0.2, 0.25) is 0 Å². The summed E-state index contributed by atoms with van der Waals surface area (Å²) in [5, 5.41) is 12.2. The van der Waals surface area contributed by atoms with Crippen LogP contribution in [-0.4, -0.2) is 33.5 Å². The van der Waals surface area contributed by atoms with Crippen molar-refractivity contribution in [1.82, 2.24) is 10.3 Å². The fraction of sp³-hybridized carbons (Fsp3) is 0.500. The van der Waals surface area contributed by atoms with Gasteiger partial charge in [0.05, 0.1) is 6.04 Å². The molecule has 1 heterocycles. The van der Waals surface area contributed by atoms with Gasteiger partial charge in [-0.25, -0.2) is 14.8 Å². The first-order valence-corrected chi connectivity index (χ1v) is 8.07. The first-order valence-electron chi connectivity index (χ1n) is 8.07. The van der Waals surface area contributed by atoms with Crippen LogP contribution in [0.15, 0.2) is 29.9 Å². The van der Waals surface area contributed by atoms with Crippen molar-refractivity contribution < 1.29 is 14.6 Å². The van der Waals surface area contributed by atoms with Gasteiger partial charge in [0.25, 0.3) is 0 Å². The number of alkyl carbamates (subject to hydrolysis) is 1. The monoisotopic (exact) mass is 333 g/mol. The Kier molecular flexibility index (Phi) is 6.95. The Morgan fingerprint density at radius 1 is 1.42 bits per heavy atom. The minimum absolute atomic E-state index is 0.0354. The van der Waals surface area contributed by atoms with Crippen LogP contribution in [0.2, 0.25) is 0 Å². The highest BCUT2D eigenvalue weighted by Gasteiger charge is 2.21. The summed E-state index contributed by atoms with van der Waals surface area (Å²) in [5.41, 5.74) is 0.813. The van der Waals surface area contributed by atoms with Crippen LogP contribution < -0.4 is 5.32 Å². The van der Waals surface area contributed by atoms with Gasteiger partial charge in [-0.05, 0) is 45.7 Å². The number of aliphatic hydroxyl groups excluding tert-OH is 1. The van der Waals surface area contributed by atoms with Gasteiger partial charge in [0.15, 0.2) is 5.82 Å². The van der Waals surface area contributed by atoms with Crippen LogP contribution in [0, 0.1) is 0 Å². The molecule has 6 nitrogen and oxygen atoms in total. The number of nitrogens with zero attached hydrogens (tertiary/aromatic N) is 2. The number of aliphatic hydroxyl groups is 1. The fourth-order valence-electron chi connectivity index (χ4n) is 2.04. The third kappa shape index (κ3) is 6.40. The summed E-state index contributed by atoms with van der Waals surface area (Å²) in [7, 11) is 0. The van der Waals surface area contributed by atoms with Gasteiger partial charge in [-0.1, -0.05) is 20.4 Å². The zero-order valence-corrected chi connectivity index (χ0v) is 15.1. The van der Waals surface area contributed by atoms with Crippen LogP contribution in [0.4, 0.5) is 10.6 Å².